The maximum atomic E-state index is 13.0. The molecule has 0 aliphatic carbocycles. The largest absolute Gasteiger partial charge is 0.299 e. The number of nitro benzene ring substituents is 1. The summed E-state index contributed by atoms with van der Waals surface area (Å²) in [7, 11) is 0. The van der Waals surface area contributed by atoms with Crippen LogP contribution in [0.5, 0.6) is 0 Å². The van der Waals surface area contributed by atoms with E-state index in [0.717, 1.165) is 55.2 Å². The van der Waals surface area contributed by atoms with Gasteiger partial charge in [-0.2, -0.15) is 0 Å². The second kappa shape index (κ2) is 9.19. The van der Waals surface area contributed by atoms with E-state index in [1.165, 1.54) is 10.5 Å². The van der Waals surface area contributed by atoms with Gasteiger partial charge in [-0.25, -0.2) is 0 Å². The Kier molecular flexibility index (Phi) is 5.94. The molecule has 3 aromatic carbocycles. The molecule has 2 heterocycles. The van der Waals surface area contributed by atoms with Crippen LogP contribution in [0.2, 0.25) is 0 Å². The summed E-state index contributed by atoms with van der Waals surface area (Å²) >= 11 is 0. The van der Waals surface area contributed by atoms with Gasteiger partial charge in [-0.15, -0.1) is 0 Å². The van der Waals surface area contributed by atoms with Crippen LogP contribution in [0.4, 0.5) is 5.69 Å². The predicted octanol–water partition coefficient (Wildman–Crippen LogP) is 4.91. The summed E-state index contributed by atoms with van der Waals surface area (Å²) in [6.07, 6.45) is 4.72. The van der Waals surface area contributed by atoms with Gasteiger partial charge in [0.2, 0.25) is 0 Å². The highest BCUT2D eigenvalue weighted by Gasteiger charge is 2.32. The van der Waals surface area contributed by atoms with Crippen molar-refractivity contribution in [2.45, 2.75) is 19.3 Å². The van der Waals surface area contributed by atoms with E-state index in [2.05, 4.69) is 11.0 Å². The lowest BCUT2D eigenvalue weighted by Gasteiger charge is -2.28. The van der Waals surface area contributed by atoms with Crippen molar-refractivity contribution in [3.63, 3.8) is 0 Å². The Bertz CT molecular complexity index is 1260. The highest BCUT2D eigenvalue weighted by atomic mass is 16.6. The molecule has 0 unspecified atom stereocenters. The van der Waals surface area contributed by atoms with Crippen LogP contribution in [-0.2, 0) is 0 Å². The van der Waals surface area contributed by atoms with Gasteiger partial charge in [0, 0.05) is 48.3 Å². The summed E-state index contributed by atoms with van der Waals surface area (Å²) in [6, 6.07) is 17.9. The SMILES string of the molecule is O=C1c2cccc3cccc(c23)C(=O)N1CCCCN1CC=C(c2ccc([N+](=O)[O-])cc2)CC1. The average Bonchev–Trinajstić information content (AvgIpc) is 2.87. The number of nitro groups is 1. The fraction of sp³-hybridized carbons (Fsp3) is 0.259. The standard InChI is InChI=1S/C27H25N3O4/c31-26-23-7-3-5-21-6-4-8-24(25(21)23)27(32)29(26)16-2-1-15-28-17-13-20(14-18-28)19-9-11-22(12-10-19)30(33)34/h3-13H,1-2,14-18H2. The fourth-order valence-corrected chi connectivity index (χ4v) is 4.86. The number of carbonyl (C=O) groups excluding carboxylic acids is 2. The van der Waals surface area contributed by atoms with Gasteiger partial charge in [-0.1, -0.05) is 30.3 Å². The minimum absolute atomic E-state index is 0.104. The molecule has 7 nitrogen and oxygen atoms in total. The Balaban J connectivity index is 1.14. The molecule has 5 rings (SSSR count). The van der Waals surface area contributed by atoms with Crippen molar-refractivity contribution in [2.75, 3.05) is 26.2 Å². The van der Waals surface area contributed by atoms with Crippen molar-refractivity contribution in [2.24, 2.45) is 0 Å². The van der Waals surface area contributed by atoms with Gasteiger partial charge in [0.1, 0.15) is 0 Å². The Morgan fingerprint density at radius 2 is 1.50 bits per heavy atom. The lowest BCUT2D eigenvalue weighted by Crippen LogP contribution is -2.41. The van der Waals surface area contributed by atoms with Crippen molar-refractivity contribution in [1.29, 1.82) is 0 Å². The van der Waals surface area contributed by atoms with Gasteiger partial charge in [-0.3, -0.25) is 29.5 Å². The zero-order valence-corrected chi connectivity index (χ0v) is 18.8. The molecule has 0 saturated heterocycles. The molecule has 172 valence electrons. The third kappa shape index (κ3) is 4.10. The number of hydrogen-bond donors (Lipinski definition) is 0. The van der Waals surface area contributed by atoms with Crippen LogP contribution in [0, 0.1) is 10.1 Å². The predicted molar refractivity (Wildman–Crippen MR) is 131 cm³/mol. The highest BCUT2D eigenvalue weighted by molar-refractivity contribution is 6.25. The van der Waals surface area contributed by atoms with E-state index in [-0.39, 0.29) is 22.4 Å². The van der Waals surface area contributed by atoms with Crippen molar-refractivity contribution >= 4 is 33.8 Å². The molecule has 0 aromatic heterocycles. The Hall–Kier alpha value is -3.84. The van der Waals surface area contributed by atoms with E-state index in [9.17, 15) is 19.7 Å². The molecule has 3 aromatic rings. The lowest BCUT2D eigenvalue weighted by molar-refractivity contribution is -0.384. The molecule has 34 heavy (non-hydrogen) atoms. The second-order valence-corrected chi connectivity index (χ2v) is 8.76. The van der Waals surface area contributed by atoms with Crippen LogP contribution in [0.15, 0.2) is 66.7 Å². The average molecular weight is 456 g/mol. The van der Waals surface area contributed by atoms with E-state index in [4.69, 9.17) is 0 Å². The number of amides is 2. The maximum Gasteiger partial charge on any atom is 0.269 e. The quantitative estimate of drug-likeness (QED) is 0.219. The van der Waals surface area contributed by atoms with E-state index in [1.807, 2.05) is 36.4 Å². The van der Waals surface area contributed by atoms with Crippen LogP contribution >= 0.6 is 0 Å². The Labute approximate surface area is 197 Å². The third-order valence-electron chi connectivity index (χ3n) is 6.70. The summed E-state index contributed by atoms with van der Waals surface area (Å²) < 4.78 is 0. The first kappa shape index (κ1) is 22.0. The molecule has 7 heteroatoms. The maximum absolute atomic E-state index is 13.0. The topological polar surface area (TPSA) is 83.8 Å². The van der Waals surface area contributed by atoms with E-state index in [0.29, 0.717) is 17.7 Å². The first-order valence-corrected chi connectivity index (χ1v) is 11.6. The number of carbonyl (C=O) groups is 2. The van der Waals surface area contributed by atoms with E-state index >= 15 is 0 Å². The fourth-order valence-electron chi connectivity index (χ4n) is 4.86. The van der Waals surface area contributed by atoms with Crippen LogP contribution in [0.25, 0.3) is 16.3 Å². The molecule has 2 aliphatic heterocycles. The first-order chi connectivity index (χ1) is 16.5. The van der Waals surface area contributed by atoms with Crippen LogP contribution in [0.3, 0.4) is 0 Å². The molecule has 0 atom stereocenters. The first-order valence-electron chi connectivity index (χ1n) is 11.6. The molecular formula is C27H25N3O4. The Morgan fingerprint density at radius 3 is 2.09 bits per heavy atom. The summed E-state index contributed by atoms with van der Waals surface area (Å²) in [5.74, 6) is -0.411. The second-order valence-electron chi connectivity index (χ2n) is 8.76. The monoisotopic (exact) mass is 455 g/mol. The number of hydrogen-bond acceptors (Lipinski definition) is 5. The number of unbranched alkanes of at least 4 members (excludes halogenated alkanes) is 1. The number of imide groups is 1. The summed E-state index contributed by atoms with van der Waals surface area (Å²) in [5, 5.41) is 12.5. The van der Waals surface area contributed by atoms with E-state index < -0.39 is 0 Å². The van der Waals surface area contributed by atoms with Crippen LogP contribution in [0.1, 0.15) is 45.5 Å². The van der Waals surface area contributed by atoms with Crippen LogP contribution < -0.4 is 0 Å². The van der Waals surface area contributed by atoms with Gasteiger partial charge in [0.05, 0.1) is 4.92 Å². The van der Waals surface area contributed by atoms with E-state index in [1.54, 1.807) is 24.3 Å². The lowest BCUT2D eigenvalue weighted by atomic mass is 9.94. The number of nitrogens with zero attached hydrogens (tertiary/aromatic N) is 3. The van der Waals surface area contributed by atoms with Crippen molar-refractivity contribution in [3.8, 4) is 0 Å². The molecule has 0 spiro atoms. The smallest absolute Gasteiger partial charge is 0.269 e. The zero-order valence-electron chi connectivity index (χ0n) is 18.8. The van der Waals surface area contributed by atoms with Crippen LogP contribution in [-0.4, -0.2) is 52.7 Å². The van der Waals surface area contributed by atoms with Gasteiger partial charge < -0.3 is 0 Å². The van der Waals surface area contributed by atoms with Crippen molar-refractivity contribution < 1.29 is 14.5 Å². The minimum Gasteiger partial charge on any atom is -0.299 e. The zero-order chi connectivity index (χ0) is 23.7. The van der Waals surface area contributed by atoms with Crippen molar-refractivity contribution in [1.82, 2.24) is 9.80 Å². The molecular weight excluding hydrogens is 430 g/mol. The normalized spacial score (nSPS) is 16.1. The van der Waals surface area contributed by atoms with Gasteiger partial charge in [0.15, 0.2) is 0 Å². The molecule has 0 bridgehead atoms. The van der Waals surface area contributed by atoms with Gasteiger partial charge in [-0.05, 0) is 66.6 Å². The third-order valence-corrected chi connectivity index (χ3v) is 6.70. The Morgan fingerprint density at radius 1 is 0.853 bits per heavy atom. The summed E-state index contributed by atoms with van der Waals surface area (Å²) in [6.45, 7) is 3.05. The number of benzene rings is 3. The number of non-ortho nitro benzene ring substituents is 1. The molecule has 2 amide bonds. The van der Waals surface area contributed by atoms with Crippen molar-refractivity contribution in [3.05, 3.63) is 93.5 Å². The molecule has 0 fully saturated rings. The summed E-state index contributed by atoms with van der Waals surface area (Å²) in [4.78, 5) is 40.2. The molecule has 0 radical (unpaired) electrons. The molecule has 2 aliphatic rings. The number of rotatable bonds is 7. The molecule has 0 N–H and O–H groups in total. The summed E-state index contributed by atoms with van der Waals surface area (Å²) in [5.41, 5.74) is 3.55. The van der Waals surface area contributed by atoms with Gasteiger partial charge >= 0.3 is 0 Å². The minimum atomic E-state index is -0.384. The van der Waals surface area contributed by atoms with Gasteiger partial charge in [0.25, 0.3) is 17.5 Å². The highest BCUT2D eigenvalue weighted by Crippen LogP contribution is 2.30. The molecule has 0 saturated carbocycles.